The zero-order chi connectivity index (χ0) is 15.0. The van der Waals surface area contributed by atoms with Crippen LogP contribution in [0.2, 0.25) is 0 Å². The second-order valence-corrected chi connectivity index (χ2v) is 6.06. The van der Waals surface area contributed by atoms with Crippen molar-refractivity contribution in [2.75, 3.05) is 0 Å². The van der Waals surface area contributed by atoms with Crippen molar-refractivity contribution in [1.29, 1.82) is 0 Å². The van der Waals surface area contributed by atoms with Crippen LogP contribution < -0.4 is 5.56 Å². The van der Waals surface area contributed by atoms with Crippen molar-refractivity contribution in [2.24, 2.45) is 0 Å². The lowest BCUT2D eigenvalue weighted by Crippen LogP contribution is -2.29. The molecule has 1 aromatic heterocycles. The van der Waals surface area contributed by atoms with Crippen LogP contribution in [0.4, 0.5) is 0 Å². The first-order valence-corrected chi connectivity index (χ1v) is 7.61. The molecule has 0 saturated heterocycles. The molecule has 0 fully saturated rings. The van der Waals surface area contributed by atoms with Crippen LogP contribution in [0.1, 0.15) is 10.4 Å². The van der Waals surface area contributed by atoms with E-state index in [1.807, 2.05) is 12.1 Å². The summed E-state index contributed by atoms with van der Waals surface area (Å²) in [5.41, 5.74) is 0.646. The van der Waals surface area contributed by atoms with Gasteiger partial charge in [0, 0.05) is 9.13 Å². The molecule has 0 atom stereocenters. The van der Waals surface area contributed by atoms with Crippen LogP contribution in [0.3, 0.4) is 0 Å². The van der Waals surface area contributed by atoms with Crippen molar-refractivity contribution in [3.8, 4) is 0 Å². The molecule has 2 aromatic carbocycles. The normalized spacial score (nSPS) is 10.7. The molecule has 6 heteroatoms. The summed E-state index contributed by atoms with van der Waals surface area (Å²) in [5.74, 6) is -0.428. The minimum absolute atomic E-state index is 0.0996. The van der Waals surface area contributed by atoms with Gasteiger partial charge in [0.2, 0.25) is 0 Å². The molecule has 0 bridgehead atoms. The van der Waals surface area contributed by atoms with E-state index >= 15 is 0 Å². The summed E-state index contributed by atoms with van der Waals surface area (Å²) in [5, 5.41) is 0.444. The molecule has 0 saturated carbocycles. The van der Waals surface area contributed by atoms with Gasteiger partial charge in [-0.25, -0.2) is 4.57 Å². The van der Waals surface area contributed by atoms with Crippen molar-refractivity contribution in [2.45, 2.75) is 0 Å². The quantitative estimate of drug-likeness (QED) is 0.497. The van der Waals surface area contributed by atoms with Gasteiger partial charge in [-0.2, -0.15) is 0 Å². The topological polar surface area (TPSA) is 54.9 Å². The first-order chi connectivity index (χ1) is 10.1. The smallest absolute Gasteiger partial charge is 0.269 e. The highest BCUT2D eigenvalue weighted by Crippen LogP contribution is 2.13. The molecular formula is C15H9IN2O2S. The van der Waals surface area contributed by atoms with Crippen LogP contribution in [-0.4, -0.2) is 15.5 Å². The monoisotopic (exact) mass is 408 g/mol. The molecule has 104 valence electrons. The number of fused-ring (bicyclic) bond motifs is 1. The molecule has 0 aliphatic carbocycles. The van der Waals surface area contributed by atoms with E-state index in [-0.39, 0.29) is 4.77 Å². The highest BCUT2D eigenvalue weighted by molar-refractivity contribution is 14.1. The molecule has 1 N–H and O–H groups in total. The number of benzene rings is 2. The third kappa shape index (κ3) is 2.56. The van der Waals surface area contributed by atoms with Crippen molar-refractivity contribution in [1.82, 2.24) is 9.55 Å². The zero-order valence-corrected chi connectivity index (χ0v) is 13.6. The number of H-pyrrole nitrogens is 1. The minimum atomic E-state index is -0.428. The van der Waals surface area contributed by atoms with Crippen molar-refractivity contribution >= 4 is 51.6 Å². The second kappa shape index (κ2) is 5.53. The van der Waals surface area contributed by atoms with E-state index in [1.54, 1.807) is 36.4 Å². The summed E-state index contributed by atoms with van der Waals surface area (Å²) >= 11 is 7.28. The fourth-order valence-corrected chi connectivity index (χ4v) is 2.85. The third-order valence-electron chi connectivity index (χ3n) is 3.08. The molecule has 0 spiro atoms. The molecular weight excluding hydrogens is 399 g/mol. The number of carbonyl (C=O) groups excluding carboxylic acids is 1. The van der Waals surface area contributed by atoms with Crippen LogP contribution >= 0.6 is 34.8 Å². The average Bonchev–Trinajstić information content (AvgIpc) is 2.49. The largest absolute Gasteiger partial charge is 0.331 e. The van der Waals surface area contributed by atoms with E-state index in [0.29, 0.717) is 16.5 Å². The molecule has 1 heterocycles. The van der Waals surface area contributed by atoms with Gasteiger partial charge >= 0.3 is 0 Å². The van der Waals surface area contributed by atoms with Gasteiger partial charge in [-0.1, -0.05) is 18.2 Å². The maximum Gasteiger partial charge on any atom is 0.269 e. The van der Waals surface area contributed by atoms with Crippen molar-refractivity contribution < 1.29 is 4.79 Å². The molecule has 21 heavy (non-hydrogen) atoms. The minimum Gasteiger partial charge on any atom is -0.331 e. The van der Waals surface area contributed by atoms with Gasteiger partial charge in [-0.15, -0.1) is 0 Å². The Morgan fingerprint density at radius 3 is 2.57 bits per heavy atom. The number of hydrogen-bond donors (Lipinski definition) is 1. The van der Waals surface area contributed by atoms with E-state index in [0.717, 1.165) is 8.14 Å². The molecule has 3 aromatic rings. The number of hydrogen-bond acceptors (Lipinski definition) is 3. The summed E-state index contributed by atoms with van der Waals surface area (Å²) in [6.07, 6.45) is 0. The number of aromatic nitrogens is 2. The molecule has 0 unspecified atom stereocenters. The maximum atomic E-state index is 12.6. The standard InChI is InChI=1S/C15H9IN2O2S/c16-10-6-7-12-11(8-10)14(20)18(15(21)17-12)13(19)9-4-2-1-3-5-9/h1-8H,(H,17,21). The average molecular weight is 408 g/mol. The fourth-order valence-electron chi connectivity index (χ4n) is 2.08. The van der Waals surface area contributed by atoms with Gasteiger partial charge < -0.3 is 4.98 Å². The predicted molar refractivity (Wildman–Crippen MR) is 92.3 cm³/mol. The predicted octanol–water partition coefficient (Wildman–Crippen LogP) is 3.35. The van der Waals surface area contributed by atoms with Crippen molar-refractivity contribution in [3.05, 3.63) is 72.8 Å². The highest BCUT2D eigenvalue weighted by Gasteiger charge is 2.14. The number of halogens is 1. The number of nitrogens with one attached hydrogen (secondary N) is 1. The van der Waals surface area contributed by atoms with E-state index in [2.05, 4.69) is 27.6 Å². The Bertz CT molecular complexity index is 961. The van der Waals surface area contributed by atoms with Gasteiger partial charge in [0.25, 0.3) is 11.5 Å². The highest BCUT2D eigenvalue weighted by atomic mass is 127. The van der Waals surface area contributed by atoms with Crippen LogP contribution in [-0.2, 0) is 0 Å². The molecule has 0 aliphatic rings. The van der Waals surface area contributed by atoms with E-state index in [4.69, 9.17) is 12.2 Å². The summed E-state index contributed by atoms with van der Waals surface area (Å²) in [4.78, 5) is 28.0. The SMILES string of the molecule is O=C(c1ccccc1)n1c(=S)[nH]c2ccc(I)cc2c1=O. The summed E-state index contributed by atoms with van der Waals surface area (Å²) < 4.78 is 2.02. The lowest BCUT2D eigenvalue weighted by atomic mass is 10.2. The molecule has 0 amide bonds. The Hall–Kier alpha value is -1.80. The first kappa shape index (κ1) is 14.2. The molecule has 0 aliphatic heterocycles. The van der Waals surface area contributed by atoms with Gasteiger partial charge in [0.05, 0.1) is 10.9 Å². The van der Waals surface area contributed by atoms with E-state index in [1.165, 1.54) is 0 Å². The lowest BCUT2D eigenvalue weighted by Gasteiger charge is -2.07. The first-order valence-electron chi connectivity index (χ1n) is 6.12. The Morgan fingerprint density at radius 2 is 1.86 bits per heavy atom. The van der Waals surface area contributed by atoms with Crippen molar-refractivity contribution in [3.63, 3.8) is 0 Å². The van der Waals surface area contributed by atoms with Gasteiger partial charge in [0.1, 0.15) is 0 Å². The molecule has 0 radical (unpaired) electrons. The number of nitrogens with zero attached hydrogens (tertiary/aromatic N) is 1. The number of rotatable bonds is 1. The number of carbonyl (C=O) groups is 1. The van der Waals surface area contributed by atoms with Gasteiger partial charge in [-0.05, 0) is 65.1 Å². The van der Waals surface area contributed by atoms with Crippen LogP contribution in [0.25, 0.3) is 10.9 Å². The zero-order valence-electron chi connectivity index (χ0n) is 10.7. The molecule has 3 rings (SSSR count). The lowest BCUT2D eigenvalue weighted by molar-refractivity contribution is 0.0953. The van der Waals surface area contributed by atoms with Crippen LogP contribution in [0.5, 0.6) is 0 Å². The van der Waals surface area contributed by atoms with Crippen LogP contribution in [0, 0.1) is 8.34 Å². The fraction of sp³-hybridized carbons (Fsp3) is 0. The van der Waals surface area contributed by atoms with E-state index < -0.39 is 11.5 Å². The summed E-state index contributed by atoms with van der Waals surface area (Å²) in [7, 11) is 0. The summed E-state index contributed by atoms with van der Waals surface area (Å²) in [6.45, 7) is 0. The molecule has 4 nitrogen and oxygen atoms in total. The Balaban J connectivity index is 2.31. The second-order valence-electron chi connectivity index (χ2n) is 4.43. The Labute approximate surface area is 138 Å². The Kier molecular flexibility index (Phi) is 3.73. The maximum absolute atomic E-state index is 12.6. The van der Waals surface area contributed by atoms with Crippen LogP contribution in [0.15, 0.2) is 53.3 Å². The third-order valence-corrected chi connectivity index (χ3v) is 4.04. The number of aromatic amines is 1. The van der Waals surface area contributed by atoms with Gasteiger partial charge in [0.15, 0.2) is 4.77 Å². The van der Waals surface area contributed by atoms with E-state index in [9.17, 15) is 9.59 Å². The summed E-state index contributed by atoms with van der Waals surface area (Å²) in [6, 6.07) is 14.0. The Morgan fingerprint density at radius 1 is 1.14 bits per heavy atom. The van der Waals surface area contributed by atoms with Gasteiger partial charge in [-0.3, -0.25) is 9.59 Å².